The van der Waals surface area contributed by atoms with Crippen molar-refractivity contribution in [2.75, 3.05) is 31.6 Å². The topological polar surface area (TPSA) is 59.1 Å². The van der Waals surface area contributed by atoms with Crippen LogP contribution in [0.25, 0.3) is 0 Å². The number of para-hydroxylation sites is 1. The zero-order valence-corrected chi connectivity index (χ0v) is 16.9. The Balaban J connectivity index is 1.58. The Hall–Kier alpha value is -2.93. The normalized spacial score (nSPS) is 22.4. The van der Waals surface area contributed by atoms with Gasteiger partial charge in [0.05, 0.1) is 24.9 Å². The molecule has 0 radical (unpaired) electrons. The summed E-state index contributed by atoms with van der Waals surface area (Å²) in [5, 5.41) is 0. The molecule has 2 aromatic rings. The number of fused-ring (bicyclic) bond motifs is 3. The lowest BCUT2D eigenvalue weighted by atomic mass is 9.86. The molecule has 1 amide bonds. The number of carbonyl (C=O) groups is 2. The lowest BCUT2D eigenvalue weighted by Gasteiger charge is -2.44. The van der Waals surface area contributed by atoms with E-state index in [1.807, 2.05) is 0 Å². The predicted octanol–water partition coefficient (Wildman–Crippen LogP) is 3.85. The van der Waals surface area contributed by atoms with E-state index in [0.29, 0.717) is 17.0 Å². The van der Waals surface area contributed by atoms with Gasteiger partial charge in [0, 0.05) is 6.54 Å². The Bertz CT molecular complexity index is 927. The smallest absolute Gasteiger partial charge is 0.415 e. The number of halogens is 1. The summed E-state index contributed by atoms with van der Waals surface area (Å²) in [5.41, 5.74) is 1.19. The number of methoxy groups -OCH3 is 1. The fraction of sp³-hybridized carbons (Fsp3) is 0.391. The number of amides is 1. The molecule has 3 aliphatic rings. The summed E-state index contributed by atoms with van der Waals surface area (Å²) in [7, 11) is 1.31. The van der Waals surface area contributed by atoms with Crippen LogP contribution in [0.2, 0.25) is 0 Å². The van der Waals surface area contributed by atoms with Gasteiger partial charge in [-0.15, -0.1) is 0 Å². The molecule has 0 N–H and O–H groups in total. The second-order valence-corrected chi connectivity index (χ2v) is 7.79. The highest BCUT2D eigenvalue weighted by molar-refractivity contribution is 5.90. The van der Waals surface area contributed by atoms with Gasteiger partial charge in [0.1, 0.15) is 11.9 Å². The van der Waals surface area contributed by atoms with Gasteiger partial charge in [-0.3, -0.25) is 9.80 Å². The predicted molar refractivity (Wildman–Crippen MR) is 110 cm³/mol. The summed E-state index contributed by atoms with van der Waals surface area (Å²) in [6.45, 7) is 2.87. The number of rotatable bonds is 5. The SMILES string of the molecule is COC(=O)c1cccc(CN(C(=O)O[C@H]2CN3CCC2CC3)c2ccccc2F)c1. The molecule has 5 rings (SSSR count). The average Bonchev–Trinajstić information content (AvgIpc) is 2.78. The van der Waals surface area contributed by atoms with Crippen molar-refractivity contribution in [2.45, 2.75) is 25.5 Å². The number of carbonyl (C=O) groups excluding carboxylic acids is 2. The second-order valence-electron chi connectivity index (χ2n) is 7.79. The van der Waals surface area contributed by atoms with Crippen LogP contribution in [0.4, 0.5) is 14.9 Å². The van der Waals surface area contributed by atoms with Crippen molar-refractivity contribution in [3.05, 3.63) is 65.5 Å². The zero-order valence-electron chi connectivity index (χ0n) is 16.9. The molecule has 7 heteroatoms. The number of hydrogen-bond donors (Lipinski definition) is 0. The minimum Gasteiger partial charge on any atom is -0.465 e. The number of benzene rings is 2. The van der Waals surface area contributed by atoms with Crippen molar-refractivity contribution >= 4 is 17.7 Å². The fourth-order valence-electron chi connectivity index (χ4n) is 4.25. The van der Waals surface area contributed by atoms with Gasteiger partial charge in [0.25, 0.3) is 0 Å². The highest BCUT2D eigenvalue weighted by atomic mass is 19.1. The maximum absolute atomic E-state index is 14.6. The number of esters is 1. The number of ether oxygens (including phenoxy) is 2. The first-order chi connectivity index (χ1) is 14.5. The van der Waals surface area contributed by atoms with Crippen LogP contribution >= 0.6 is 0 Å². The maximum atomic E-state index is 14.6. The number of piperidine rings is 3. The molecular formula is C23H25FN2O4. The summed E-state index contributed by atoms with van der Waals surface area (Å²) < 4.78 is 25.2. The van der Waals surface area contributed by atoms with Crippen LogP contribution in [-0.4, -0.2) is 49.8 Å². The lowest BCUT2D eigenvalue weighted by molar-refractivity contribution is -0.0311. The van der Waals surface area contributed by atoms with Crippen molar-refractivity contribution in [1.29, 1.82) is 0 Å². The molecule has 30 heavy (non-hydrogen) atoms. The molecule has 2 bridgehead atoms. The van der Waals surface area contributed by atoms with Crippen molar-refractivity contribution < 1.29 is 23.5 Å². The van der Waals surface area contributed by atoms with Gasteiger partial charge in [0.2, 0.25) is 0 Å². The Morgan fingerprint density at radius 1 is 1.13 bits per heavy atom. The van der Waals surface area contributed by atoms with E-state index >= 15 is 0 Å². The Morgan fingerprint density at radius 3 is 2.57 bits per heavy atom. The third kappa shape index (κ3) is 4.31. The van der Waals surface area contributed by atoms with E-state index in [1.165, 1.54) is 18.1 Å². The summed E-state index contributed by atoms with van der Waals surface area (Å²) in [4.78, 5) is 28.6. The maximum Gasteiger partial charge on any atom is 0.415 e. The number of nitrogens with zero attached hydrogens (tertiary/aromatic N) is 2. The molecule has 3 fully saturated rings. The Morgan fingerprint density at radius 2 is 1.90 bits per heavy atom. The molecule has 0 saturated carbocycles. The molecule has 2 aromatic carbocycles. The van der Waals surface area contributed by atoms with E-state index in [-0.39, 0.29) is 18.3 Å². The van der Waals surface area contributed by atoms with Gasteiger partial charge < -0.3 is 9.47 Å². The summed E-state index contributed by atoms with van der Waals surface area (Å²) in [6, 6.07) is 12.9. The first-order valence-electron chi connectivity index (χ1n) is 10.2. The van der Waals surface area contributed by atoms with E-state index in [0.717, 1.165) is 32.5 Å². The van der Waals surface area contributed by atoms with E-state index in [4.69, 9.17) is 9.47 Å². The summed E-state index contributed by atoms with van der Waals surface area (Å²) in [6.07, 6.45) is 1.26. The van der Waals surface area contributed by atoms with Crippen LogP contribution in [0.5, 0.6) is 0 Å². The van der Waals surface area contributed by atoms with Gasteiger partial charge in [-0.1, -0.05) is 24.3 Å². The van der Waals surface area contributed by atoms with Gasteiger partial charge >= 0.3 is 12.1 Å². The highest BCUT2D eigenvalue weighted by Gasteiger charge is 2.37. The minimum absolute atomic E-state index is 0.0751. The van der Waals surface area contributed by atoms with Gasteiger partial charge in [-0.2, -0.15) is 0 Å². The zero-order chi connectivity index (χ0) is 21.1. The molecule has 0 aliphatic carbocycles. The van der Waals surface area contributed by atoms with Gasteiger partial charge in [-0.25, -0.2) is 14.0 Å². The van der Waals surface area contributed by atoms with Crippen LogP contribution in [-0.2, 0) is 16.0 Å². The third-order valence-electron chi connectivity index (χ3n) is 5.90. The molecule has 3 aliphatic heterocycles. The standard InChI is InChI=1S/C23H25FN2O4/c1-29-22(27)18-6-4-5-16(13-18)14-26(20-8-3-2-7-19(20)24)23(28)30-21-15-25-11-9-17(21)10-12-25/h2-8,13,17,21H,9-12,14-15H2,1H3/t21-/m0/s1. The molecule has 1 atom stereocenters. The Kier molecular flexibility index (Phi) is 5.99. The van der Waals surface area contributed by atoms with Gasteiger partial charge in [-0.05, 0) is 61.7 Å². The van der Waals surface area contributed by atoms with Crippen LogP contribution in [0.1, 0.15) is 28.8 Å². The molecule has 0 unspecified atom stereocenters. The molecule has 3 heterocycles. The van der Waals surface area contributed by atoms with E-state index in [9.17, 15) is 14.0 Å². The fourth-order valence-corrected chi connectivity index (χ4v) is 4.25. The van der Waals surface area contributed by atoms with Crippen LogP contribution in [0.15, 0.2) is 48.5 Å². The molecule has 158 valence electrons. The summed E-state index contributed by atoms with van der Waals surface area (Å²) in [5.74, 6) is -0.624. The van der Waals surface area contributed by atoms with E-state index in [2.05, 4.69) is 4.90 Å². The first kappa shape index (κ1) is 20.3. The van der Waals surface area contributed by atoms with Crippen LogP contribution in [0.3, 0.4) is 0 Å². The Labute approximate surface area is 175 Å². The third-order valence-corrected chi connectivity index (χ3v) is 5.90. The van der Waals surface area contributed by atoms with Crippen LogP contribution in [0, 0.1) is 11.7 Å². The highest BCUT2D eigenvalue weighted by Crippen LogP contribution is 2.31. The van der Waals surface area contributed by atoms with Crippen molar-refractivity contribution in [3.63, 3.8) is 0 Å². The monoisotopic (exact) mass is 412 g/mol. The number of hydrogen-bond acceptors (Lipinski definition) is 5. The summed E-state index contributed by atoms with van der Waals surface area (Å²) >= 11 is 0. The van der Waals surface area contributed by atoms with E-state index < -0.39 is 17.9 Å². The van der Waals surface area contributed by atoms with Crippen LogP contribution < -0.4 is 4.90 Å². The molecule has 0 spiro atoms. The average molecular weight is 412 g/mol. The van der Waals surface area contributed by atoms with Crippen molar-refractivity contribution in [2.24, 2.45) is 5.92 Å². The molecular weight excluding hydrogens is 387 g/mol. The minimum atomic E-state index is -0.581. The van der Waals surface area contributed by atoms with Crippen molar-refractivity contribution in [3.8, 4) is 0 Å². The number of anilines is 1. The van der Waals surface area contributed by atoms with Gasteiger partial charge in [0.15, 0.2) is 0 Å². The molecule has 6 nitrogen and oxygen atoms in total. The van der Waals surface area contributed by atoms with Crippen molar-refractivity contribution in [1.82, 2.24) is 4.90 Å². The lowest BCUT2D eigenvalue weighted by Crippen LogP contribution is -2.53. The molecule has 3 saturated heterocycles. The largest absolute Gasteiger partial charge is 0.465 e. The first-order valence-corrected chi connectivity index (χ1v) is 10.2. The second kappa shape index (κ2) is 8.83. The van der Waals surface area contributed by atoms with E-state index in [1.54, 1.807) is 42.5 Å². The quantitative estimate of drug-likeness (QED) is 0.699. The molecule has 0 aromatic heterocycles.